The highest BCUT2D eigenvalue weighted by molar-refractivity contribution is 7.92. The van der Waals surface area contributed by atoms with Gasteiger partial charge in [0.2, 0.25) is 11.8 Å². The molecule has 0 saturated heterocycles. The fraction of sp³-hybridized carbons (Fsp3) is 0.375. The van der Waals surface area contributed by atoms with Gasteiger partial charge in [-0.2, -0.15) is 0 Å². The second-order valence-corrected chi connectivity index (χ2v) is 13.0. The van der Waals surface area contributed by atoms with E-state index < -0.39 is 39.9 Å². The Morgan fingerprint density at radius 1 is 0.930 bits per heavy atom. The van der Waals surface area contributed by atoms with E-state index >= 15 is 0 Å². The van der Waals surface area contributed by atoms with Crippen LogP contribution in [-0.2, 0) is 26.2 Å². The highest BCUT2D eigenvalue weighted by atomic mass is 32.2. The van der Waals surface area contributed by atoms with Crippen molar-refractivity contribution in [3.05, 3.63) is 83.7 Å². The maximum absolute atomic E-state index is 14.2. The summed E-state index contributed by atoms with van der Waals surface area (Å²) in [4.78, 5) is 28.9. The molecule has 0 aliphatic heterocycles. The van der Waals surface area contributed by atoms with Gasteiger partial charge in [0.1, 0.15) is 18.4 Å². The number of nitrogens with one attached hydrogen (secondary N) is 1. The Bertz CT molecular complexity index is 1520. The predicted octanol–water partition coefficient (Wildman–Crippen LogP) is 5.07. The minimum absolute atomic E-state index is 0.0108. The van der Waals surface area contributed by atoms with Gasteiger partial charge < -0.3 is 19.7 Å². The van der Waals surface area contributed by atoms with E-state index in [9.17, 15) is 22.4 Å². The molecule has 1 N–H and O–H groups in total. The molecule has 1 unspecified atom stereocenters. The average Bonchev–Trinajstić information content (AvgIpc) is 2.95. The molecule has 9 nitrogen and oxygen atoms in total. The summed E-state index contributed by atoms with van der Waals surface area (Å²) in [5, 5.41) is 2.92. The van der Waals surface area contributed by atoms with Gasteiger partial charge in [0, 0.05) is 18.2 Å². The highest BCUT2D eigenvalue weighted by Crippen LogP contribution is 2.34. The maximum Gasteiger partial charge on any atom is 0.264 e. The topological polar surface area (TPSA) is 105 Å². The van der Waals surface area contributed by atoms with Gasteiger partial charge in [0.05, 0.1) is 24.8 Å². The lowest BCUT2D eigenvalue weighted by atomic mass is 10.1. The second-order valence-electron chi connectivity index (χ2n) is 11.2. The van der Waals surface area contributed by atoms with Crippen LogP contribution >= 0.6 is 0 Å². The van der Waals surface area contributed by atoms with Crippen molar-refractivity contribution in [2.75, 3.05) is 25.1 Å². The second kappa shape index (κ2) is 13.9. The molecule has 0 aromatic heterocycles. The third-order valence-corrected chi connectivity index (χ3v) is 8.48. The van der Waals surface area contributed by atoms with Crippen LogP contribution in [0.4, 0.5) is 10.1 Å². The molecule has 3 aromatic carbocycles. The van der Waals surface area contributed by atoms with Crippen molar-refractivity contribution < 1.29 is 31.9 Å². The zero-order valence-corrected chi connectivity index (χ0v) is 26.5. The Morgan fingerprint density at radius 2 is 1.53 bits per heavy atom. The number of nitrogens with zero attached hydrogens (tertiary/aromatic N) is 2. The molecule has 0 saturated carbocycles. The van der Waals surface area contributed by atoms with Gasteiger partial charge in [0.25, 0.3) is 10.0 Å². The molecule has 0 aliphatic rings. The smallest absolute Gasteiger partial charge is 0.264 e. The summed E-state index contributed by atoms with van der Waals surface area (Å²) in [5.74, 6) is -0.790. The quantitative estimate of drug-likeness (QED) is 0.306. The molecule has 11 heteroatoms. The van der Waals surface area contributed by atoms with Crippen molar-refractivity contribution in [1.82, 2.24) is 10.2 Å². The number of halogens is 1. The number of rotatable bonds is 12. The Labute approximate surface area is 253 Å². The molecule has 1 atom stereocenters. The van der Waals surface area contributed by atoms with Crippen LogP contribution in [0.1, 0.15) is 45.2 Å². The van der Waals surface area contributed by atoms with E-state index in [1.54, 1.807) is 25.1 Å². The van der Waals surface area contributed by atoms with Crippen molar-refractivity contribution in [2.45, 2.75) is 64.1 Å². The van der Waals surface area contributed by atoms with Crippen LogP contribution in [0.25, 0.3) is 0 Å². The van der Waals surface area contributed by atoms with Crippen molar-refractivity contribution in [3.63, 3.8) is 0 Å². The summed E-state index contributed by atoms with van der Waals surface area (Å²) in [6.07, 6.45) is 0.260. The van der Waals surface area contributed by atoms with Gasteiger partial charge in [-0.05, 0) is 76.1 Å². The average molecular weight is 614 g/mol. The summed E-state index contributed by atoms with van der Waals surface area (Å²) in [6.45, 7) is 8.44. The molecule has 0 heterocycles. The summed E-state index contributed by atoms with van der Waals surface area (Å²) in [5.41, 5.74) is 1.04. The Hall–Kier alpha value is -4.12. The van der Waals surface area contributed by atoms with Gasteiger partial charge in [-0.1, -0.05) is 36.8 Å². The van der Waals surface area contributed by atoms with Gasteiger partial charge in [-0.15, -0.1) is 0 Å². The van der Waals surface area contributed by atoms with E-state index in [1.807, 2.05) is 27.7 Å². The van der Waals surface area contributed by atoms with E-state index in [4.69, 9.17) is 9.47 Å². The van der Waals surface area contributed by atoms with E-state index in [2.05, 4.69) is 5.32 Å². The lowest BCUT2D eigenvalue weighted by Gasteiger charge is -2.35. The van der Waals surface area contributed by atoms with Crippen LogP contribution in [-0.4, -0.2) is 57.5 Å². The minimum atomic E-state index is -4.26. The maximum atomic E-state index is 14.2. The molecule has 0 fully saturated rings. The number of sulfonamides is 1. The summed E-state index contributed by atoms with van der Waals surface area (Å²) < 4.78 is 53.6. The standard InChI is InChI=1S/C32H40FN3O6S/c1-8-27(31(38)34-32(3,4)5)35(20-23-11-13-24(33)14-12-23)30(37)21-36(25-15-18-28(41-6)29(19-25)42-7)43(39,40)26-16-9-22(2)10-17-26/h9-19,27H,8,20-21H2,1-7H3,(H,34,38). The number of hydrogen-bond acceptors (Lipinski definition) is 6. The number of methoxy groups -OCH3 is 2. The van der Waals surface area contributed by atoms with Gasteiger partial charge in [-0.3, -0.25) is 13.9 Å². The van der Waals surface area contributed by atoms with Crippen molar-refractivity contribution in [2.24, 2.45) is 0 Å². The number of amides is 2. The third-order valence-electron chi connectivity index (χ3n) is 6.69. The zero-order chi connectivity index (χ0) is 31.9. The largest absolute Gasteiger partial charge is 0.493 e. The van der Waals surface area contributed by atoms with E-state index in [0.717, 1.165) is 9.87 Å². The van der Waals surface area contributed by atoms with E-state index in [0.29, 0.717) is 11.3 Å². The lowest BCUT2D eigenvalue weighted by molar-refractivity contribution is -0.141. The molecular weight excluding hydrogens is 573 g/mol. The fourth-order valence-electron chi connectivity index (χ4n) is 4.51. The first-order valence-corrected chi connectivity index (χ1v) is 15.3. The molecular formula is C32H40FN3O6S. The molecule has 232 valence electrons. The van der Waals surface area contributed by atoms with Crippen LogP contribution in [0.5, 0.6) is 11.5 Å². The normalized spacial score (nSPS) is 12.3. The molecule has 43 heavy (non-hydrogen) atoms. The van der Waals surface area contributed by atoms with Gasteiger partial charge in [0.15, 0.2) is 11.5 Å². The van der Waals surface area contributed by atoms with Crippen LogP contribution in [0.15, 0.2) is 71.6 Å². The van der Waals surface area contributed by atoms with Gasteiger partial charge >= 0.3 is 0 Å². The number of benzene rings is 3. The van der Waals surface area contributed by atoms with E-state index in [1.165, 1.54) is 67.7 Å². The number of carbonyl (C=O) groups excluding carboxylic acids is 2. The van der Waals surface area contributed by atoms with Crippen molar-refractivity contribution >= 4 is 27.5 Å². The molecule has 0 aliphatic carbocycles. The van der Waals surface area contributed by atoms with Crippen molar-refractivity contribution in [3.8, 4) is 11.5 Å². The lowest BCUT2D eigenvalue weighted by Crippen LogP contribution is -2.55. The number of ether oxygens (including phenoxy) is 2. The first-order valence-electron chi connectivity index (χ1n) is 13.9. The highest BCUT2D eigenvalue weighted by Gasteiger charge is 2.35. The first-order chi connectivity index (χ1) is 20.2. The number of aryl methyl sites for hydroxylation is 1. The SMILES string of the molecule is CCC(C(=O)NC(C)(C)C)N(Cc1ccc(F)cc1)C(=O)CN(c1ccc(OC)c(OC)c1)S(=O)(=O)c1ccc(C)cc1. The third kappa shape index (κ3) is 8.47. The van der Waals surface area contributed by atoms with Gasteiger partial charge in [-0.25, -0.2) is 12.8 Å². The van der Waals surface area contributed by atoms with Crippen molar-refractivity contribution in [1.29, 1.82) is 0 Å². The predicted molar refractivity (Wildman–Crippen MR) is 164 cm³/mol. The summed E-state index contributed by atoms with van der Waals surface area (Å²) in [7, 11) is -1.38. The molecule has 2 amide bonds. The monoisotopic (exact) mass is 613 g/mol. The van der Waals surface area contributed by atoms with Crippen LogP contribution in [0.2, 0.25) is 0 Å². The Balaban J connectivity index is 2.12. The molecule has 0 bridgehead atoms. The van der Waals surface area contributed by atoms with Crippen LogP contribution < -0.4 is 19.1 Å². The number of anilines is 1. The molecule has 0 spiro atoms. The zero-order valence-electron chi connectivity index (χ0n) is 25.7. The fourth-order valence-corrected chi connectivity index (χ4v) is 5.91. The Morgan fingerprint density at radius 3 is 2.07 bits per heavy atom. The summed E-state index contributed by atoms with van der Waals surface area (Å²) in [6, 6.07) is 15.5. The molecule has 0 radical (unpaired) electrons. The number of carbonyl (C=O) groups is 2. The van der Waals surface area contributed by atoms with Crippen LogP contribution in [0, 0.1) is 12.7 Å². The molecule has 3 aromatic rings. The minimum Gasteiger partial charge on any atom is -0.493 e. The van der Waals surface area contributed by atoms with Crippen LogP contribution in [0.3, 0.4) is 0 Å². The Kier molecular flexibility index (Phi) is 10.8. The first kappa shape index (κ1) is 33.4. The summed E-state index contributed by atoms with van der Waals surface area (Å²) >= 11 is 0. The van der Waals surface area contributed by atoms with E-state index in [-0.39, 0.29) is 35.2 Å². The molecule has 3 rings (SSSR count). The number of hydrogen-bond donors (Lipinski definition) is 1.